The predicted octanol–water partition coefficient (Wildman–Crippen LogP) is 4.77. The Balaban J connectivity index is 2.13. The first-order chi connectivity index (χ1) is 14.3. The molecule has 1 atom stereocenters. The Morgan fingerprint density at radius 1 is 1.03 bits per heavy atom. The minimum absolute atomic E-state index is 0.216. The van der Waals surface area contributed by atoms with E-state index in [1.54, 1.807) is 62.4 Å². The molecule has 0 saturated heterocycles. The summed E-state index contributed by atoms with van der Waals surface area (Å²) in [6.07, 6.45) is 0.736. The zero-order chi connectivity index (χ0) is 22.1. The van der Waals surface area contributed by atoms with Crippen molar-refractivity contribution in [2.75, 3.05) is 18.1 Å². The number of esters is 2. The summed E-state index contributed by atoms with van der Waals surface area (Å²) in [5, 5.41) is 0.197. The van der Waals surface area contributed by atoms with E-state index in [-0.39, 0.29) is 36.5 Å². The highest BCUT2D eigenvalue weighted by atomic mass is 79.9. The third-order valence-corrected chi connectivity index (χ3v) is 4.53. The number of nitrogens with zero attached hydrogens (tertiary/aromatic N) is 1. The molecule has 2 rings (SSSR count). The van der Waals surface area contributed by atoms with Crippen LogP contribution in [0.5, 0.6) is 0 Å². The van der Waals surface area contributed by atoms with Gasteiger partial charge >= 0.3 is 11.9 Å². The summed E-state index contributed by atoms with van der Waals surface area (Å²) in [6.45, 7) is 3.44. The van der Waals surface area contributed by atoms with E-state index >= 15 is 0 Å². The molecule has 6 nitrogen and oxygen atoms in total. The second-order valence-corrected chi connectivity index (χ2v) is 8.13. The van der Waals surface area contributed by atoms with Crippen molar-refractivity contribution in [3.63, 3.8) is 0 Å². The molecular formula is C22H23BrClNO5. The first-order valence-corrected chi connectivity index (χ1v) is 10.7. The Labute approximate surface area is 189 Å². The Kier molecular flexibility index (Phi) is 9.33. The highest BCUT2D eigenvalue weighted by molar-refractivity contribution is 9.09. The van der Waals surface area contributed by atoms with Gasteiger partial charge in [-0.1, -0.05) is 23.7 Å². The smallest absolute Gasteiger partial charge is 0.326 e. The number of halogens is 2. The summed E-state index contributed by atoms with van der Waals surface area (Å²) in [5.74, 6) is -1.15. The average Bonchev–Trinajstić information content (AvgIpc) is 2.71. The van der Waals surface area contributed by atoms with E-state index in [1.807, 2.05) is 0 Å². The van der Waals surface area contributed by atoms with Crippen LogP contribution in [0, 0.1) is 0 Å². The van der Waals surface area contributed by atoms with Crippen molar-refractivity contribution in [3.8, 4) is 0 Å². The van der Waals surface area contributed by atoms with Crippen molar-refractivity contribution in [3.05, 3.63) is 64.7 Å². The number of benzene rings is 2. The van der Waals surface area contributed by atoms with Crippen LogP contribution in [0.2, 0.25) is 5.02 Å². The molecule has 0 N–H and O–H groups in total. The molecule has 1 unspecified atom stereocenters. The van der Waals surface area contributed by atoms with Gasteiger partial charge in [0.25, 0.3) is 5.91 Å². The molecule has 2 aromatic rings. The van der Waals surface area contributed by atoms with Crippen LogP contribution >= 0.6 is 27.5 Å². The summed E-state index contributed by atoms with van der Waals surface area (Å²) in [4.78, 5) is 38.1. The van der Waals surface area contributed by atoms with E-state index in [4.69, 9.17) is 21.1 Å². The third kappa shape index (κ3) is 7.46. The topological polar surface area (TPSA) is 72.9 Å². The number of hydrogen-bond donors (Lipinski definition) is 0. The molecule has 2 aromatic carbocycles. The number of carbonyl (C=O) groups excluding carboxylic acids is 3. The molecule has 1 amide bonds. The van der Waals surface area contributed by atoms with Crippen LogP contribution in [0.1, 0.15) is 36.2 Å². The summed E-state index contributed by atoms with van der Waals surface area (Å²) < 4.78 is 10.0. The molecule has 0 spiro atoms. The van der Waals surface area contributed by atoms with Gasteiger partial charge in [0.1, 0.15) is 6.54 Å². The first kappa shape index (κ1) is 23.9. The van der Waals surface area contributed by atoms with E-state index < -0.39 is 5.97 Å². The summed E-state index contributed by atoms with van der Waals surface area (Å²) in [7, 11) is 0. The Bertz CT molecular complexity index is 868. The minimum Gasteiger partial charge on any atom is -0.465 e. The molecule has 160 valence electrons. The number of carbonyl (C=O) groups is 3. The Morgan fingerprint density at radius 3 is 2.23 bits per heavy atom. The fraction of sp³-hybridized carbons (Fsp3) is 0.318. The number of alkyl halides is 1. The largest absolute Gasteiger partial charge is 0.465 e. The van der Waals surface area contributed by atoms with E-state index in [0.29, 0.717) is 22.7 Å². The molecule has 0 heterocycles. The number of amides is 1. The van der Waals surface area contributed by atoms with Crippen molar-refractivity contribution in [1.29, 1.82) is 0 Å². The molecule has 0 bridgehead atoms. The summed E-state index contributed by atoms with van der Waals surface area (Å²) in [6, 6.07) is 13.5. The number of anilines is 1. The maximum atomic E-state index is 13.1. The second-order valence-electron chi connectivity index (χ2n) is 6.40. The highest BCUT2D eigenvalue weighted by Gasteiger charge is 2.21. The maximum Gasteiger partial charge on any atom is 0.326 e. The van der Waals surface area contributed by atoms with Gasteiger partial charge in [0.15, 0.2) is 5.01 Å². The molecule has 0 aliphatic heterocycles. The van der Waals surface area contributed by atoms with Gasteiger partial charge in [0.2, 0.25) is 0 Å². The number of ether oxygens (including phenoxy) is 2. The van der Waals surface area contributed by atoms with Gasteiger partial charge in [-0.05, 0) is 78.2 Å². The number of rotatable bonds is 9. The van der Waals surface area contributed by atoms with Crippen LogP contribution in [0.25, 0.3) is 0 Å². The van der Waals surface area contributed by atoms with Crippen molar-refractivity contribution in [2.24, 2.45) is 0 Å². The van der Waals surface area contributed by atoms with Gasteiger partial charge in [-0.25, -0.2) is 0 Å². The third-order valence-electron chi connectivity index (χ3n) is 4.09. The van der Waals surface area contributed by atoms with Gasteiger partial charge in [-0.2, -0.15) is 0 Å². The Morgan fingerprint density at radius 2 is 1.67 bits per heavy atom. The van der Waals surface area contributed by atoms with E-state index in [1.165, 1.54) is 4.90 Å². The standard InChI is InChI=1S/C22H23BrClNO5/c1-3-29-21(27)14-25(19-11-9-18(24)10-12-19)22(28)17-7-4-16(5-8-17)6-13-20(26)30-15(2)23/h4-5,7-12,15H,3,6,13-14H2,1-2H3. The molecule has 8 heteroatoms. The lowest BCUT2D eigenvalue weighted by Crippen LogP contribution is -2.36. The van der Waals surface area contributed by atoms with E-state index in [2.05, 4.69) is 15.9 Å². The minimum atomic E-state index is -0.503. The maximum absolute atomic E-state index is 13.1. The fourth-order valence-electron chi connectivity index (χ4n) is 2.69. The molecule has 0 saturated carbocycles. The van der Waals surface area contributed by atoms with Crippen LogP contribution in [0.4, 0.5) is 5.69 Å². The van der Waals surface area contributed by atoms with E-state index in [9.17, 15) is 14.4 Å². The summed E-state index contributed by atoms with van der Waals surface area (Å²) >= 11 is 9.10. The van der Waals surface area contributed by atoms with Crippen LogP contribution < -0.4 is 4.90 Å². The lowest BCUT2D eigenvalue weighted by molar-refractivity contribution is -0.144. The SMILES string of the molecule is CCOC(=O)CN(C(=O)c1ccc(CCC(=O)OC(C)Br)cc1)c1ccc(Cl)cc1. The summed E-state index contributed by atoms with van der Waals surface area (Å²) in [5.41, 5.74) is 1.84. The monoisotopic (exact) mass is 495 g/mol. The van der Waals surface area contributed by atoms with Gasteiger partial charge in [0, 0.05) is 22.7 Å². The van der Waals surface area contributed by atoms with Crippen molar-refractivity contribution in [1.82, 2.24) is 0 Å². The van der Waals surface area contributed by atoms with Gasteiger partial charge < -0.3 is 9.47 Å². The molecule has 0 aliphatic rings. The second kappa shape index (κ2) is 11.7. The van der Waals surface area contributed by atoms with Crippen LogP contribution in [-0.4, -0.2) is 36.0 Å². The number of aryl methyl sites for hydroxylation is 1. The van der Waals surface area contributed by atoms with E-state index in [0.717, 1.165) is 5.56 Å². The average molecular weight is 497 g/mol. The zero-order valence-corrected chi connectivity index (χ0v) is 19.1. The molecule has 0 aromatic heterocycles. The van der Waals surface area contributed by atoms with Crippen molar-refractivity contribution >= 4 is 51.1 Å². The number of hydrogen-bond acceptors (Lipinski definition) is 5. The quantitative estimate of drug-likeness (QED) is 0.369. The van der Waals surface area contributed by atoms with Gasteiger partial charge in [-0.15, -0.1) is 0 Å². The molecule has 0 radical (unpaired) electrons. The lowest BCUT2D eigenvalue weighted by atomic mass is 10.1. The molecule has 30 heavy (non-hydrogen) atoms. The molecular weight excluding hydrogens is 474 g/mol. The lowest BCUT2D eigenvalue weighted by Gasteiger charge is -2.22. The van der Waals surface area contributed by atoms with Crippen LogP contribution in [-0.2, 0) is 25.5 Å². The first-order valence-electron chi connectivity index (χ1n) is 9.45. The van der Waals surface area contributed by atoms with Crippen LogP contribution in [0.3, 0.4) is 0 Å². The van der Waals surface area contributed by atoms with Crippen LogP contribution in [0.15, 0.2) is 48.5 Å². The molecule has 0 fully saturated rings. The molecule has 0 aliphatic carbocycles. The Hall–Kier alpha value is -2.38. The zero-order valence-electron chi connectivity index (χ0n) is 16.8. The van der Waals surface area contributed by atoms with Crippen molar-refractivity contribution < 1.29 is 23.9 Å². The normalized spacial score (nSPS) is 11.5. The van der Waals surface area contributed by atoms with Gasteiger partial charge in [-0.3, -0.25) is 19.3 Å². The van der Waals surface area contributed by atoms with Crippen molar-refractivity contribution in [2.45, 2.75) is 31.7 Å². The predicted molar refractivity (Wildman–Crippen MR) is 119 cm³/mol. The van der Waals surface area contributed by atoms with Gasteiger partial charge in [0.05, 0.1) is 6.61 Å². The highest BCUT2D eigenvalue weighted by Crippen LogP contribution is 2.21. The fourth-order valence-corrected chi connectivity index (χ4v) is 3.03.